The predicted molar refractivity (Wildman–Crippen MR) is 89.1 cm³/mol. The monoisotopic (exact) mass is 393 g/mol. The molecule has 2 N–H and O–H groups in total. The Morgan fingerprint density at radius 1 is 1.05 bits per heavy atom. The summed E-state index contributed by atoms with van der Waals surface area (Å²) in [5.41, 5.74) is 1.56. The average molecular weight is 396 g/mol. The van der Waals surface area contributed by atoms with Crippen molar-refractivity contribution in [1.82, 2.24) is 0 Å². The van der Waals surface area contributed by atoms with Gasteiger partial charge >= 0.3 is 0 Å². The lowest BCUT2D eigenvalue weighted by Gasteiger charge is -2.20. The van der Waals surface area contributed by atoms with Crippen LogP contribution in [0.2, 0.25) is 15.1 Å². The van der Waals surface area contributed by atoms with Crippen molar-refractivity contribution in [2.24, 2.45) is 0 Å². The molecule has 0 radical (unpaired) electrons. The van der Waals surface area contributed by atoms with Crippen LogP contribution in [0.25, 0.3) is 0 Å². The maximum absolute atomic E-state index is 9.58. The number of aliphatic hydroxyl groups excluding tert-OH is 1. The third kappa shape index (κ3) is 3.80. The first-order valence-corrected chi connectivity index (χ1v) is 7.71. The number of halogens is 4. The minimum atomic E-state index is -0.353. The minimum absolute atomic E-state index is 0.111. The summed E-state index contributed by atoms with van der Waals surface area (Å²) in [5.74, 6) is 0. The number of rotatable bonds is 4. The van der Waals surface area contributed by atoms with Crippen LogP contribution in [0.1, 0.15) is 11.6 Å². The van der Waals surface area contributed by atoms with E-state index >= 15 is 0 Å². The number of nitrogens with one attached hydrogen (secondary N) is 1. The van der Waals surface area contributed by atoms with Crippen molar-refractivity contribution < 1.29 is 5.11 Å². The van der Waals surface area contributed by atoms with E-state index in [1.54, 1.807) is 24.3 Å². The Kier molecular flexibility index (Phi) is 5.58. The lowest BCUT2D eigenvalue weighted by molar-refractivity contribution is 0.276. The summed E-state index contributed by atoms with van der Waals surface area (Å²) in [5, 5.41) is 14.5. The number of benzene rings is 2. The quantitative estimate of drug-likeness (QED) is 0.711. The number of hydrogen-bond donors (Lipinski definition) is 2. The molecule has 6 heteroatoms. The van der Waals surface area contributed by atoms with Gasteiger partial charge in [-0.2, -0.15) is 0 Å². The zero-order chi connectivity index (χ0) is 14.7. The first-order chi connectivity index (χ1) is 9.51. The summed E-state index contributed by atoms with van der Waals surface area (Å²) in [6, 6.07) is 10.2. The van der Waals surface area contributed by atoms with Gasteiger partial charge in [0.1, 0.15) is 0 Å². The van der Waals surface area contributed by atoms with Crippen molar-refractivity contribution in [1.29, 1.82) is 0 Å². The van der Waals surface area contributed by atoms with E-state index in [1.165, 1.54) is 0 Å². The molecule has 1 unspecified atom stereocenters. The second kappa shape index (κ2) is 7.01. The Labute approximate surface area is 140 Å². The average Bonchev–Trinajstić information content (AvgIpc) is 2.43. The Hall–Kier alpha value is -0.450. The van der Waals surface area contributed by atoms with E-state index in [1.807, 2.05) is 12.1 Å². The van der Waals surface area contributed by atoms with E-state index in [0.717, 1.165) is 15.7 Å². The molecule has 2 aromatic rings. The van der Waals surface area contributed by atoms with Gasteiger partial charge in [-0.1, -0.05) is 34.8 Å². The fraction of sp³-hybridized carbons (Fsp3) is 0.143. The van der Waals surface area contributed by atoms with Gasteiger partial charge in [0.2, 0.25) is 0 Å². The summed E-state index contributed by atoms with van der Waals surface area (Å²) < 4.78 is 0.776. The van der Waals surface area contributed by atoms with Crippen LogP contribution in [0.4, 0.5) is 5.69 Å². The van der Waals surface area contributed by atoms with E-state index < -0.39 is 0 Å². The van der Waals surface area contributed by atoms with E-state index in [0.29, 0.717) is 15.1 Å². The molecular weight excluding hydrogens is 384 g/mol. The molecule has 20 heavy (non-hydrogen) atoms. The Balaban J connectivity index is 2.28. The molecule has 0 heterocycles. The van der Waals surface area contributed by atoms with Crippen LogP contribution in [-0.2, 0) is 0 Å². The molecule has 0 aromatic heterocycles. The fourth-order valence-corrected chi connectivity index (χ4v) is 2.72. The highest BCUT2D eigenvalue weighted by Crippen LogP contribution is 2.31. The molecule has 0 fully saturated rings. The smallest absolute Gasteiger partial charge is 0.0759 e. The van der Waals surface area contributed by atoms with Crippen LogP contribution in [0.5, 0.6) is 0 Å². The highest BCUT2D eigenvalue weighted by Gasteiger charge is 2.15. The lowest BCUT2D eigenvalue weighted by atomic mass is 10.1. The topological polar surface area (TPSA) is 32.3 Å². The predicted octanol–water partition coefficient (Wildman–Crippen LogP) is 5.55. The van der Waals surface area contributed by atoms with Crippen LogP contribution in [-0.4, -0.2) is 11.7 Å². The number of aliphatic hydroxyl groups is 1. The van der Waals surface area contributed by atoms with Gasteiger partial charge in [0, 0.05) is 20.2 Å². The van der Waals surface area contributed by atoms with Crippen LogP contribution in [0.3, 0.4) is 0 Å². The summed E-state index contributed by atoms with van der Waals surface area (Å²) in [6.07, 6.45) is 0. The van der Waals surface area contributed by atoms with Gasteiger partial charge < -0.3 is 10.4 Å². The van der Waals surface area contributed by atoms with Crippen LogP contribution >= 0.6 is 50.7 Å². The third-order valence-electron chi connectivity index (χ3n) is 2.78. The Morgan fingerprint density at radius 2 is 1.75 bits per heavy atom. The molecule has 0 amide bonds. The van der Waals surface area contributed by atoms with Crippen LogP contribution < -0.4 is 5.32 Å². The van der Waals surface area contributed by atoms with Gasteiger partial charge in [0.05, 0.1) is 17.7 Å². The molecule has 0 saturated heterocycles. The molecule has 0 aliphatic heterocycles. The van der Waals surface area contributed by atoms with Gasteiger partial charge in [-0.15, -0.1) is 0 Å². The zero-order valence-electron chi connectivity index (χ0n) is 10.2. The van der Waals surface area contributed by atoms with E-state index in [-0.39, 0.29) is 12.6 Å². The lowest BCUT2D eigenvalue weighted by Crippen LogP contribution is -2.15. The van der Waals surface area contributed by atoms with Gasteiger partial charge in [-0.05, 0) is 57.9 Å². The third-order valence-corrected chi connectivity index (χ3v) is 4.57. The molecule has 0 aliphatic rings. The maximum atomic E-state index is 9.58. The normalized spacial score (nSPS) is 12.2. The number of anilines is 1. The van der Waals surface area contributed by atoms with Crippen molar-refractivity contribution in [3.05, 3.63) is 61.5 Å². The highest BCUT2D eigenvalue weighted by molar-refractivity contribution is 9.10. The first-order valence-electron chi connectivity index (χ1n) is 5.78. The van der Waals surface area contributed by atoms with Crippen molar-refractivity contribution in [2.75, 3.05) is 11.9 Å². The second-order valence-corrected chi connectivity index (χ2v) is 6.28. The second-order valence-electron chi connectivity index (χ2n) is 4.17. The largest absolute Gasteiger partial charge is 0.394 e. The summed E-state index contributed by atoms with van der Waals surface area (Å²) in [6.45, 7) is -0.111. The summed E-state index contributed by atoms with van der Waals surface area (Å²) in [7, 11) is 0. The Morgan fingerprint density at radius 3 is 2.40 bits per heavy atom. The molecule has 2 nitrogen and oxygen atoms in total. The molecule has 1 atom stereocenters. The van der Waals surface area contributed by atoms with Gasteiger partial charge in [0.25, 0.3) is 0 Å². The van der Waals surface area contributed by atoms with Gasteiger partial charge in [0.15, 0.2) is 0 Å². The van der Waals surface area contributed by atoms with Crippen molar-refractivity contribution in [3.8, 4) is 0 Å². The summed E-state index contributed by atoms with van der Waals surface area (Å²) >= 11 is 21.4. The van der Waals surface area contributed by atoms with Crippen molar-refractivity contribution in [3.63, 3.8) is 0 Å². The van der Waals surface area contributed by atoms with Crippen LogP contribution in [0.15, 0.2) is 40.9 Å². The van der Waals surface area contributed by atoms with Crippen molar-refractivity contribution >= 4 is 56.4 Å². The molecule has 0 spiro atoms. The van der Waals surface area contributed by atoms with E-state index in [2.05, 4.69) is 21.2 Å². The van der Waals surface area contributed by atoms with Gasteiger partial charge in [-0.3, -0.25) is 0 Å². The molecule has 0 saturated carbocycles. The van der Waals surface area contributed by atoms with E-state index in [4.69, 9.17) is 34.8 Å². The summed E-state index contributed by atoms with van der Waals surface area (Å²) in [4.78, 5) is 0. The van der Waals surface area contributed by atoms with Gasteiger partial charge in [-0.25, -0.2) is 0 Å². The van der Waals surface area contributed by atoms with Crippen molar-refractivity contribution in [2.45, 2.75) is 6.04 Å². The molecule has 106 valence electrons. The maximum Gasteiger partial charge on any atom is 0.0759 e. The standard InChI is InChI=1S/C14H11BrCl3NO/c15-11-6-9(2-4-13(11)18)19-14(7-20)10-5-8(16)1-3-12(10)17/h1-6,14,19-20H,7H2. The molecular formula is C14H11BrCl3NO. The SMILES string of the molecule is OCC(Nc1ccc(Cl)c(Br)c1)c1cc(Cl)ccc1Cl. The zero-order valence-corrected chi connectivity index (χ0v) is 14.1. The number of hydrogen-bond acceptors (Lipinski definition) is 2. The fourth-order valence-electron chi connectivity index (χ4n) is 1.79. The molecule has 0 aliphatic carbocycles. The minimum Gasteiger partial charge on any atom is -0.394 e. The highest BCUT2D eigenvalue weighted by atomic mass is 79.9. The van der Waals surface area contributed by atoms with Crippen LogP contribution in [0, 0.1) is 0 Å². The van der Waals surface area contributed by atoms with E-state index in [9.17, 15) is 5.11 Å². The Bertz CT molecular complexity index is 621. The molecule has 2 aromatic carbocycles. The first kappa shape index (κ1) is 15.9. The molecule has 0 bridgehead atoms. The molecule has 2 rings (SSSR count).